The Morgan fingerprint density at radius 1 is 1.50 bits per heavy atom. The smallest absolute Gasteiger partial charge is 0.410 e. The third-order valence-corrected chi connectivity index (χ3v) is 2.76. The van der Waals surface area contributed by atoms with Crippen LogP contribution < -0.4 is 15.4 Å². The summed E-state index contributed by atoms with van der Waals surface area (Å²) in [5.41, 5.74) is 0.792. The van der Waals surface area contributed by atoms with Crippen molar-refractivity contribution in [2.75, 3.05) is 18.6 Å². The lowest BCUT2D eigenvalue weighted by molar-refractivity contribution is 0.203. The molecular formula is C10H12N2O2S2. The summed E-state index contributed by atoms with van der Waals surface area (Å²) in [4.78, 5) is 11.0. The maximum Gasteiger partial charge on any atom is 0.412 e. The number of thiocarbonyl (C=S) groups is 1. The molecule has 6 heteroatoms. The molecule has 0 aliphatic carbocycles. The van der Waals surface area contributed by atoms with Crippen LogP contribution in [0, 0.1) is 0 Å². The summed E-state index contributed by atoms with van der Waals surface area (Å²) < 4.78 is 5.64. The van der Waals surface area contributed by atoms with E-state index in [4.69, 9.17) is 17.0 Å². The van der Waals surface area contributed by atoms with Crippen LogP contribution in [0.1, 0.15) is 0 Å². The molecular weight excluding hydrogens is 244 g/mol. The van der Waals surface area contributed by atoms with Crippen LogP contribution >= 0.6 is 24.0 Å². The summed E-state index contributed by atoms with van der Waals surface area (Å²) in [7, 11) is 1.51. The number of carbonyl (C=O) groups excluding carboxylic acids is 1. The van der Waals surface area contributed by atoms with Crippen LogP contribution in [0.3, 0.4) is 0 Å². The SMILES string of the molecule is CNC(=O)Oc1cccc(NC(=S)SC)c1. The topological polar surface area (TPSA) is 50.4 Å². The number of thioether (sulfide) groups is 1. The van der Waals surface area contributed by atoms with Gasteiger partial charge in [-0.3, -0.25) is 0 Å². The number of carbonyl (C=O) groups is 1. The van der Waals surface area contributed by atoms with Gasteiger partial charge < -0.3 is 15.4 Å². The molecule has 0 spiro atoms. The quantitative estimate of drug-likeness (QED) is 0.796. The zero-order chi connectivity index (χ0) is 12.0. The molecule has 0 aliphatic rings. The van der Waals surface area contributed by atoms with Crippen molar-refractivity contribution in [3.8, 4) is 5.75 Å². The molecule has 0 saturated carbocycles. The predicted molar refractivity (Wildman–Crippen MR) is 71.3 cm³/mol. The average molecular weight is 256 g/mol. The van der Waals surface area contributed by atoms with E-state index in [1.807, 2.05) is 12.3 Å². The van der Waals surface area contributed by atoms with Crippen molar-refractivity contribution in [2.24, 2.45) is 0 Å². The van der Waals surface area contributed by atoms with Gasteiger partial charge in [0.2, 0.25) is 0 Å². The molecule has 0 unspecified atom stereocenters. The van der Waals surface area contributed by atoms with Gasteiger partial charge in [-0.05, 0) is 18.4 Å². The van der Waals surface area contributed by atoms with Gasteiger partial charge in [0.1, 0.15) is 10.1 Å². The molecule has 86 valence electrons. The molecule has 16 heavy (non-hydrogen) atoms. The van der Waals surface area contributed by atoms with Crippen LogP contribution in [0.2, 0.25) is 0 Å². The molecule has 0 atom stereocenters. The van der Waals surface area contributed by atoms with Crippen molar-refractivity contribution in [1.29, 1.82) is 0 Å². The Hall–Kier alpha value is -1.27. The fraction of sp³-hybridized carbons (Fsp3) is 0.200. The highest BCUT2D eigenvalue weighted by molar-refractivity contribution is 8.22. The van der Waals surface area contributed by atoms with Crippen LogP contribution in [0.25, 0.3) is 0 Å². The van der Waals surface area contributed by atoms with E-state index in [1.54, 1.807) is 18.2 Å². The standard InChI is InChI=1S/C10H12N2O2S2/c1-11-9(13)14-8-5-3-4-7(6-8)12-10(15)16-2/h3-6H,1-2H3,(H,11,13)(H,12,15). The zero-order valence-electron chi connectivity index (χ0n) is 8.94. The minimum atomic E-state index is -0.496. The second kappa shape index (κ2) is 6.34. The lowest BCUT2D eigenvalue weighted by atomic mass is 10.3. The Morgan fingerprint density at radius 3 is 2.88 bits per heavy atom. The van der Waals surface area contributed by atoms with Crippen molar-refractivity contribution < 1.29 is 9.53 Å². The van der Waals surface area contributed by atoms with Crippen LogP contribution in [0.15, 0.2) is 24.3 Å². The summed E-state index contributed by atoms with van der Waals surface area (Å²) in [6, 6.07) is 7.03. The summed E-state index contributed by atoms with van der Waals surface area (Å²) in [6.45, 7) is 0. The van der Waals surface area contributed by atoms with Gasteiger partial charge in [0.15, 0.2) is 0 Å². The predicted octanol–water partition coefficient (Wildman–Crippen LogP) is 2.46. The van der Waals surface area contributed by atoms with Crippen molar-refractivity contribution in [2.45, 2.75) is 0 Å². The maximum atomic E-state index is 11.0. The number of nitrogens with one attached hydrogen (secondary N) is 2. The van der Waals surface area contributed by atoms with Gasteiger partial charge in [-0.1, -0.05) is 18.3 Å². The van der Waals surface area contributed by atoms with Gasteiger partial charge in [0.25, 0.3) is 0 Å². The summed E-state index contributed by atoms with van der Waals surface area (Å²) in [6.07, 6.45) is 1.39. The number of amides is 1. The highest BCUT2D eigenvalue weighted by atomic mass is 32.2. The normalized spacial score (nSPS) is 9.38. The van der Waals surface area contributed by atoms with Gasteiger partial charge in [0.05, 0.1) is 0 Å². The largest absolute Gasteiger partial charge is 0.412 e. The molecule has 1 aromatic carbocycles. The summed E-state index contributed by atoms with van der Waals surface area (Å²) in [5.74, 6) is 0.466. The van der Waals surface area contributed by atoms with E-state index in [0.29, 0.717) is 10.1 Å². The van der Waals surface area contributed by atoms with E-state index < -0.39 is 6.09 Å². The summed E-state index contributed by atoms with van der Waals surface area (Å²) >= 11 is 6.47. The molecule has 2 N–H and O–H groups in total. The van der Waals surface area contributed by atoms with Crippen LogP contribution in [0.5, 0.6) is 5.75 Å². The fourth-order valence-corrected chi connectivity index (χ4v) is 1.30. The van der Waals surface area contributed by atoms with E-state index >= 15 is 0 Å². The number of anilines is 1. The number of ether oxygens (including phenoxy) is 1. The maximum absolute atomic E-state index is 11.0. The van der Waals surface area contributed by atoms with Crippen LogP contribution in [-0.4, -0.2) is 23.7 Å². The molecule has 0 radical (unpaired) electrons. The zero-order valence-corrected chi connectivity index (χ0v) is 10.6. The number of rotatable bonds is 2. The second-order valence-electron chi connectivity index (χ2n) is 2.78. The third-order valence-electron chi connectivity index (χ3n) is 1.68. The molecule has 0 bridgehead atoms. The molecule has 1 aromatic rings. The first-order valence-electron chi connectivity index (χ1n) is 4.50. The van der Waals surface area contributed by atoms with Crippen LogP contribution in [-0.2, 0) is 0 Å². The molecule has 0 aliphatic heterocycles. The van der Waals surface area contributed by atoms with Gasteiger partial charge >= 0.3 is 6.09 Å². The van der Waals surface area contributed by atoms with E-state index in [1.165, 1.54) is 18.8 Å². The first-order chi connectivity index (χ1) is 7.65. The van der Waals surface area contributed by atoms with Gasteiger partial charge in [-0.15, -0.1) is 11.8 Å². The van der Waals surface area contributed by atoms with E-state index in [0.717, 1.165) is 5.69 Å². The van der Waals surface area contributed by atoms with Crippen LogP contribution in [0.4, 0.5) is 10.5 Å². The average Bonchev–Trinajstić information content (AvgIpc) is 2.29. The Balaban J connectivity index is 2.71. The Kier molecular flexibility index (Phi) is 5.07. The molecule has 0 aromatic heterocycles. The summed E-state index contributed by atoms with van der Waals surface area (Å²) in [5, 5.41) is 5.38. The minimum absolute atomic E-state index is 0.466. The molecule has 1 amide bonds. The Morgan fingerprint density at radius 2 is 2.25 bits per heavy atom. The monoisotopic (exact) mass is 256 g/mol. The van der Waals surface area contributed by atoms with E-state index in [-0.39, 0.29) is 0 Å². The highest BCUT2D eigenvalue weighted by Crippen LogP contribution is 2.18. The van der Waals surface area contributed by atoms with E-state index in [2.05, 4.69) is 10.6 Å². The van der Waals surface area contributed by atoms with Gasteiger partial charge in [-0.2, -0.15) is 0 Å². The van der Waals surface area contributed by atoms with Gasteiger partial charge in [0, 0.05) is 18.8 Å². The number of hydrogen-bond donors (Lipinski definition) is 2. The first-order valence-corrected chi connectivity index (χ1v) is 6.13. The first kappa shape index (κ1) is 12.8. The Labute approximate surface area is 104 Å². The lowest BCUT2D eigenvalue weighted by Gasteiger charge is -2.07. The molecule has 0 saturated heterocycles. The molecule has 4 nitrogen and oxygen atoms in total. The lowest BCUT2D eigenvalue weighted by Crippen LogP contribution is -2.22. The second-order valence-corrected chi connectivity index (χ2v) is 4.27. The van der Waals surface area contributed by atoms with Crippen molar-refractivity contribution in [3.63, 3.8) is 0 Å². The fourth-order valence-electron chi connectivity index (χ4n) is 0.964. The number of hydrogen-bond acceptors (Lipinski definition) is 4. The highest BCUT2D eigenvalue weighted by Gasteiger charge is 2.02. The Bertz CT molecular complexity index is 363. The van der Waals surface area contributed by atoms with Gasteiger partial charge in [-0.25, -0.2) is 4.79 Å². The van der Waals surface area contributed by atoms with Crippen molar-refractivity contribution in [1.82, 2.24) is 5.32 Å². The number of benzene rings is 1. The van der Waals surface area contributed by atoms with Crippen molar-refractivity contribution >= 4 is 40.1 Å². The molecule has 1 rings (SSSR count). The minimum Gasteiger partial charge on any atom is -0.410 e. The molecule has 0 fully saturated rings. The third kappa shape index (κ3) is 4.08. The molecule has 0 heterocycles. The van der Waals surface area contributed by atoms with Crippen molar-refractivity contribution in [3.05, 3.63) is 24.3 Å². The van der Waals surface area contributed by atoms with E-state index in [9.17, 15) is 4.79 Å².